The van der Waals surface area contributed by atoms with Gasteiger partial charge in [-0.25, -0.2) is 4.98 Å². The van der Waals surface area contributed by atoms with Crippen molar-refractivity contribution in [2.45, 2.75) is 18.6 Å². The molecule has 1 saturated heterocycles. The molecule has 2 aromatic heterocycles. The minimum Gasteiger partial charge on any atom is -0.367 e. The maximum atomic E-state index is 6.06. The molecule has 0 bridgehead atoms. The largest absolute Gasteiger partial charge is 0.367 e. The lowest BCUT2D eigenvalue weighted by Crippen LogP contribution is -2.35. The molecule has 3 rings (SSSR count). The van der Waals surface area contributed by atoms with Crippen LogP contribution in [0.25, 0.3) is 0 Å². The van der Waals surface area contributed by atoms with Crippen LogP contribution in [0.1, 0.15) is 29.6 Å². The minimum atomic E-state index is -0.349. The van der Waals surface area contributed by atoms with Crippen LogP contribution < -0.4 is 5.73 Å². The molecule has 0 spiro atoms. The molecule has 1 aliphatic rings. The quantitative estimate of drug-likeness (QED) is 0.813. The average molecular weight is 278 g/mol. The Kier molecular flexibility index (Phi) is 3.77. The standard InChI is InChI=1S/C12H18N6O2/c1-18-2-3-19-10(6-18)11-16-12(20-17-11)9(13)4-8-5-14-7-15-8/h5,7,9-10H,2-4,6,13H2,1H3,(H,14,15)/t9-,10?/m0/s1. The van der Waals surface area contributed by atoms with Gasteiger partial charge in [0, 0.05) is 31.4 Å². The summed E-state index contributed by atoms with van der Waals surface area (Å²) in [5, 5.41) is 3.98. The van der Waals surface area contributed by atoms with Crippen molar-refractivity contribution < 1.29 is 9.26 Å². The number of ether oxygens (including phenoxy) is 1. The van der Waals surface area contributed by atoms with Crippen molar-refractivity contribution >= 4 is 0 Å². The molecule has 108 valence electrons. The Bertz CT molecular complexity index is 540. The van der Waals surface area contributed by atoms with Crippen LogP contribution >= 0.6 is 0 Å². The van der Waals surface area contributed by atoms with Crippen LogP contribution in [0.2, 0.25) is 0 Å². The van der Waals surface area contributed by atoms with Gasteiger partial charge in [-0.15, -0.1) is 0 Å². The molecule has 1 unspecified atom stereocenters. The number of nitrogens with zero attached hydrogens (tertiary/aromatic N) is 4. The van der Waals surface area contributed by atoms with E-state index in [1.54, 1.807) is 12.5 Å². The normalized spacial score (nSPS) is 22.0. The maximum absolute atomic E-state index is 6.06. The van der Waals surface area contributed by atoms with E-state index >= 15 is 0 Å². The number of nitrogens with one attached hydrogen (secondary N) is 1. The number of likely N-dealkylation sites (N-methyl/N-ethyl adjacent to an activating group) is 1. The van der Waals surface area contributed by atoms with E-state index in [1.165, 1.54) is 0 Å². The van der Waals surface area contributed by atoms with E-state index in [1.807, 2.05) is 7.05 Å². The van der Waals surface area contributed by atoms with Crippen molar-refractivity contribution in [1.82, 2.24) is 25.0 Å². The highest BCUT2D eigenvalue weighted by molar-refractivity contribution is 5.03. The van der Waals surface area contributed by atoms with Gasteiger partial charge in [0.1, 0.15) is 6.10 Å². The molecule has 2 atom stereocenters. The first-order chi connectivity index (χ1) is 9.72. The Balaban J connectivity index is 1.66. The van der Waals surface area contributed by atoms with Gasteiger partial charge in [-0.3, -0.25) is 0 Å². The fourth-order valence-corrected chi connectivity index (χ4v) is 2.18. The summed E-state index contributed by atoms with van der Waals surface area (Å²) >= 11 is 0. The lowest BCUT2D eigenvalue weighted by molar-refractivity contribution is -0.0264. The first kappa shape index (κ1) is 13.2. The molecule has 0 amide bonds. The molecule has 20 heavy (non-hydrogen) atoms. The molecule has 3 N–H and O–H groups in total. The van der Waals surface area contributed by atoms with E-state index < -0.39 is 0 Å². The summed E-state index contributed by atoms with van der Waals surface area (Å²) < 4.78 is 10.9. The predicted molar refractivity (Wildman–Crippen MR) is 69.7 cm³/mol. The van der Waals surface area contributed by atoms with Crippen molar-refractivity contribution in [3.05, 3.63) is 29.9 Å². The second-order valence-corrected chi connectivity index (χ2v) is 5.00. The van der Waals surface area contributed by atoms with Gasteiger partial charge < -0.3 is 24.9 Å². The third-order valence-corrected chi connectivity index (χ3v) is 3.33. The minimum absolute atomic E-state index is 0.148. The van der Waals surface area contributed by atoms with Crippen LogP contribution in [0.4, 0.5) is 0 Å². The summed E-state index contributed by atoms with van der Waals surface area (Å²) in [4.78, 5) is 13.5. The van der Waals surface area contributed by atoms with E-state index in [0.717, 1.165) is 18.8 Å². The fraction of sp³-hybridized carbons (Fsp3) is 0.583. The van der Waals surface area contributed by atoms with E-state index in [4.69, 9.17) is 15.0 Å². The summed E-state index contributed by atoms with van der Waals surface area (Å²) in [5.41, 5.74) is 7.00. The third kappa shape index (κ3) is 2.87. The molecule has 0 radical (unpaired) electrons. The molecule has 1 aliphatic heterocycles. The predicted octanol–water partition coefficient (Wildman–Crippen LogP) is 0.0383. The van der Waals surface area contributed by atoms with Crippen molar-refractivity contribution in [1.29, 1.82) is 0 Å². The van der Waals surface area contributed by atoms with Gasteiger partial charge in [0.15, 0.2) is 0 Å². The molecule has 3 heterocycles. The molecule has 8 nitrogen and oxygen atoms in total. The zero-order chi connectivity index (χ0) is 13.9. The number of morpholine rings is 1. The van der Waals surface area contributed by atoms with Crippen LogP contribution in [0.5, 0.6) is 0 Å². The number of hydrogen-bond acceptors (Lipinski definition) is 7. The summed E-state index contributed by atoms with van der Waals surface area (Å²) in [6.45, 7) is 2.35. The number of H-pyrrole nitrogens is 1. The average Bonchev–Trinajstić information content (AvgIpc) is 3.09. The van der Waals surface area contributed by atoms with Gasteiger partial charge in [-0.1, -0.05) is 5.16 Å². The fourth-order valence-electron chi connectivity index (χ4n) is 2.18. The molecule has 1 fully saturated rings. The Labute approximate surface area is 116 Å². The number of aromatic nitrogens is 4. The summed E-state index contributed by atoms with van der Waals surface area (Å²) in [7, 11) is 2.04. The van der Waals surface area contributed by atoms with Crippen LogP contribution in [0, 0.1) is 0 Å². The Hall–Kier alpha value is -1.77. The van der Waals surface area contributed by atoms with Crippen LogP contribution in [0.15, 0.2) is 17.0 Å². The Morgan fingerprint density at radius 2 is 2.50 bits per heavy atom. The van der Waals surface area contributed by atoms with E-state index in [0.29, 0.717) is 24.7 Å². The smallest absolute Gasteiger partial charge is 0.244 e. The Morgan fingerprint density at radius 3 is 3.25 bits per heavy atom. The molecular weight excluding hydrogens is 260 g/mol. The van der Waals surface area contributed by atoms with Crippen molar-refractivity contribution in [2.75, 3.05) is 26.7 Å². The summed E-state index contributed by atoms with van der Waals surface area (Å²) in [6.07, 6.45) is 3.78. The number of rotatable bonds is 4. The number of nitrogens with two attached hydrogens (primary N) is 1. The van der Waals surface area contributed by atoms with Crippen LogP contribution in [0.3, 0.4) is 0 Å². The number of hydrogen-bond donors (Lipinski definition) is 2. The lowest BCUT2D eigenvalue weighted by Gasteiger charge is -2.27. The van der Waals surface area contributed by atoms with Gasteiger partial charge in [0.25, 0.3) is 0 Å². The SMILES string of the molecule is CN1CCOC(c2noc([C@@H](N)Cc3cnc[nH]3)n2)C1. The Morgan fingerprint density at radius 1 is 1.60 bits per heavy atom. The summed E-state index contributed by atoms with van der Waals surface area (Å²) in [6, 6.07) is -0.349. The molecule has 8 heteroatoms. The molecule has 0 aromatic carbocycles. The first-order valence-electron chi connectivity index (χ1n) is 6.59. The molecule has 0 aliphatic carbocycles. The second kappa shape index (κ2) is 5.70. The number of imidazole rings is 1. The van der Waals surface area contributed by atoms with Crippen LogP contribution in [-0.2, 0) is 11.2 Å². The lowest BCUT2D eigenvalue weighted by atomic mass is 10.2. The zero-order valence-electron chi connectivity index (χ0n) is 11.3. The van der Waals surface area contributed by atoms with Crippen molar-refractivity contribution in [2.24, 2.45) is 5.73 Å². The van der Waals surface area contributed by atoms with Gasteiger partial charge >= 0.3 is 0 Å². The highest BCUT2D eigenvalue weighted by atomic mass is 16.5. The van der Waals surface area contributed by atoms with Crippen molar-refractivity contribution in [3.63, 3.8) is 0 Å². The maximum Gasteiger partial charge on any atom is 0.244 e. The van der Waals surface area contributed by atoms with Crippen LogP contribution in [-0.4, -0.2) is 51.8 Å². The van der Waals surface area contributed by atoms with Gasteiger partial charge in [0.05, 0.1) is 19.0 Å². The third-order valence-electron chi connectivity index (χ3n) is 3.33. The van der Waals surface area contributed by atoms with E-state index in [-0.39, 0.29) is 12.1 Å². The van der Waals surface area contributed by atoms with Gasteiger partial charge in [-0.2, -0.15) is 4.98 Å². The van der Waals surface area contributed by atoms with E-state index in [9.17, 15) is 0 Å². The van der Waals surface area contributed by atoms with Gasteiger partial charge in [0.2, 0.25) is 11.7 Å². The monoisotopic (exact) mass is 278 g/mol. The molecular formula is C12H18N6O2. The topological polar surface area (TPSA) is 106 Å². The summed E-state index contributed by atoms with van der Waals surface area (Å²) in [5.74, 6) is 0.984. The highest BCUT2D eigenvalue weighted by Crippen LogP contribution is 2.21. The molecule has 0 saturated carbocycles. The van der Waals surface area contributed by atoms with Crippen molar-refractivity contribution in [3.8, 4) is 0 Å². The first-order valence-corrected chi connectivity index (χ1v) is 6.59. The highest BCUT2D eigenvalue weighted by Gasteiger charge is 2.25. The van der Waals surface area contributed by atoms with E-state index in [2.05, 4.69) is 25.0 Å². The second-order valence-electron chi connectivity index (χ2n) is 5.00. The molecule has 2 aromatic rings. The number of aromatic amines is 1. The zero-order valence-corrected chi connectivity index (χ0v) is 11.3. The van der Waals surface area contributed by atoms with Gasteiger partial charge in [-0.05, 0) is 7.05 Å².